The molecule has 2 unspecified atom stereocenters. The molecule has 0 bridgehead atoms. The van der Waals surface area contributed by atoms with Gasteiger partial charge in [0.05, 0.1) is 18.6 Å². The first kappa shape index (κ1) is 14.7. The van der Waals surface area contributed by atoms with Crippen LogP contribution >= 0.6 is 15.9 Å². The minimum absolute atomic E-state index is 0.0178. The van der Waals surface area contributed by atoms with Gasteiger partial charge in [0, 0.05) is 24.1 Å². The van der Waals surface area contributed by atoms with Crippen molar-refractivity contribution in [3.63, 3.8) is 0 Å². The molecular weight excluding hydrogens is 284 g/mol. The molecule has 0 aromatic rings. The summed E-state index contributed by atoms with van der Waals surface area (Å²) in [6, 6.07) is -0.0178. The van der Waals surface area contributed by atoms with Crippen molar-refractivity contribution >= 4 is 21.8 Å². The van der Waals surface area contributed by atoms with Crippen LogP contribution in [0.5, 0.6) is 0 Å². The zero-order valence-corrected chi connectivity index (χ0v) is 12.3. The van der Waals surface area contributed by atoms with Crippen LogP contribution in [0.3, 0.4) is 0 Å². The zero-order valence-electron chi connectivity index (χ0n) is 10.7. The van der Waals surface area contributed by atoms with Gasteiger partial charge in [-0.25, -0.2) is 0 Å². The Kier molecular flexibility index (Phi) is 5.62. The van der Waals surface area contributed by atoms with Gasteiger partial charge >= 0.3 is 0 Å². The van der Waals surface area contributed by atoms with Crippen molar-refractivity contribution in [1.82, 2.24) is 9.80 Å². The van der Waals surface area contributed by atoms with E-state index in [0.29, 0.717) is 6.54 Å². The molecular formula is C12H21BrN2O2. The predicted octanol–water partition coefficient (Wildman–Crippen LogP) is 1.06. The topological polar surface area (TPSA) is 43.8 Å². The fourth-order valence-electron chi connectivity index (χ4n) is 2.15. The van der Waals surface area contributed by atoms with Crippen LogP contribution in [-0.2, 0) is 4.79 Å². The standard InChI is InChI=1S/C12H21BrN2O2/c1-4-15(5-2)12(17)9-6-10(13)11(8-16)14(3)7-9/h6,9,11,16H,4-5,7-8H2,1-3H3. The molecule has 5 heteroatoms. The minimum atomic E-state index is -0.114. The fourth-order valence-corrected chi connectivity index (χ4v) is 2.96. The summed E-state index contributed by atoms with van der Waals surface area (Å²) in [6.07, 6.45) is 1.93. The molecule has 0 aromatic heterocycles. The molecule has 1 amide bonds. The van der Waals surface area contributed by atoms with E-state index in [2.05, 4.69) is 15.9 Å². The van der Waals surface area contributed by atoms with E-state index < -0.39 is 0 Å². The van der Waals surface area contributed by atoms with E-state index in [0.717, 1.165) is 17.6 Å². The van der Waals surface area contributed by atoms with Crippen molar-refractivity contribution in [3.8, 4) is 0 Å². The van der Waals surface area contributed by atoms with Gasteiger partial charge in [-0.1, -0.05) is 22.0 Å². The molecule has 0 radical (unpaired) electrons. The number of nitrogens with zero attached hydrogens (tertiary/aromatic N) is 2. The molecule has 0 spiro atoms. The summed E-state index contributed by atoms with van der Waals surface area (Å²) in [5.74, 6) is 0.0484. The van der Waals surface area contributed by atoms with E-state index in [9.17, 15) is 9.90 Å². The third kappa shape index (κ3) is 3.30. The third-order valence-corrected chi connectivity index (χ3v) is 4.05. The monoisotopic (exact) mass is 304 g/mol. The number of halogens is 1. The lowest BCUT2D eigenvalue weighted by atomic mass is 10.00. The van der Waals surface area contributed by atoms with Gasteiger partial charge in [0.25, 0.3) is 0 Å². The van der Waals surface area contributed by atoms with Crippen molar-refractivity contribution < 1.29 is 9.90 Å². The van der Waals surface area contributed by atoms with Gasteiger partial charge in [0.1, 0.15) is 0 Å². The molecule has 0 aliphatic carbocycles. The summed E-state index contributed by atoms with van der Waals surface area (Å²) in [4.78, 5) is 16.1. The molecule has 2 atom stereocenters. The average Bonchev–Trinajstić information content (AvgIpc) is 2.30. The lowest BCUT2D eigenvalue weighted by molar-refractivity contribution is -0.134. The van der Waals surface area contributed by atoms with Crippen LogP contribution in [0.4, 0.5) is 0 Å². The van der Waals surface area contributed by atoms with Crippen molar-refractivity contribution in [2.45, 2.75) is 19.9 Å². The van der Waals surface area contributed by atoms with Crippen LogP contribution < -0.4 is 0 Å². The van der Waals surface area contributed by atoms with Gasteiger partial charge in [-0.2, -0.15) is 0 Å². The van der Waals surface area contributed by atoms with Crippen LogP contribution in [0.2, 0.25) is 0 Å². The SMILES string of the molecule is CCN(CC)C(=O)C1C=C(Br)C(CO)N(C)C1. The van der Waals surface area contributed by atoms with Crippen molar-refractivity contribution in [2.24, 2.45) is 5.92 Å². The first-order valence-electron chi connectivity index (χ1n) is 6.02. The highest BCUT2D eigenvalue weighted by molar-refractivity contribution is 9.11. The third-order valence-electron chi connectivity index (χ3n) is 3.26. The maximum atomic E-state index is 12.2. The van der Waals surface area contributed by atoms with Crippen molar-refractivity contribution in [2.75, 3.05) is 33.3 Å². The summed E-state index contributed by atoms with van der Waals surface area (Å²) >= 11 is 3.45. The summed E-state index contributed by atoms with van der Waals surface area (Å²) in [6.45, 7) is 6.19. The van der Waals surface area contributed by atoms with Crippen LogP contribution in [0.25, 0.3) is 0 Å². The van der Waals surface area contributed by atoms with Gasteiger partial charge in [-0.15, -0.1) is 0 Å². The van der Waals surface area contributed by atoms with Gasteiger partial charge in [0.15, 0.2) is 0 Å². The highest BCUT2D eigenvalue weighted by Gasteiger charge is 2.30. The first-order chi connectivity index (χ1) is 8.04. The fraction of sp³-hybridized carbons (Fsp3) is 0.750. The number of hydrogen-bond acceptors (Lipinski definition) is 3. The number of aliphatic hydroxyl groups excluding tert-OH is 1. The number of aliphatic hydroxyl groups is 1. The molecule has 98 valence electrons. The Morgan fingerprint density at radius 1 is 1.59 bits per heavy atom. The number of rotatable bonds is 4. The lowest BCUT2D eigenvalue weighted by Crippen LogP contribution is -2.47. The minimum Gasteiger partial charge on any atom is -0.394 e. The number of carbonyl (C=O) groups excluding carboxylic acids is 1. The Balaban J connectivity index is 2.81. The predicted molar refractivity (Wildman–Crippen MR) is 71.9 cm³/mol. The van der Waals surface area contributed by atoms with Crippen LogP contribution in [0.1, 0.15) is 13.8 Å². The largest absolute Gasteiger partial charge is 0.394 e. The molecule has 0 saturated heterocycles. The molecule has 4 nitrogen and oxygen atoms in total. The van der Waals surface area contributed by atoms with Gasteiger partial charge in [0.2, 0.25) is 5.91 Å². The Bertz CT molecular complexity index is 303. The first-order valence-corrected chi connectivity index (χ1v) is 6.81. The summed E-state index contributed by atoms with van der Waals surface area (Å²) in [7, 11) is 1.93. The Morgan fingerprint density at radius 2 is 2.18 bits per heavy atom. The van der Waals surface area contributed by atoms with Gasteiger partial charge in [-0.3, -0.25) is 9.69 Å². The van der Waals surface area contributed by atoms with Gasteiger partial charge < -0.3 is 10.0 Å². The van der Waals surface area contributed by atoms with Crippen LogP contribution in [-0.4, -0.2) is 60.1 Å². The number of carbonyl (C=O) groups is 1. The maximum absolute atomic E-state index is 12.2. The molecule has 0 fully saturated rings. The Morgan fingerprint density at radius 3 is 2.59 bits per heavy atom. The molecule has 1 heterocycles. The molecule has 17 heavy (non-hydrogen) atoms. The second-order valence-corrected chi connectivity index (χ2v) is 5.22. The number of amides is 1. The normalized spacial score (nSPS) is 25.6. The van der Waals surface area contributed by atoms with Crippen molar-refractivity contribution in [1.29, 1.82) is 0 Å². The van der Waals surface area contributed by atoms with E-state index in [1.54, 1.807) is 0 Å². The lowest BCUT2D eigenvalue weighted by Gasteiger charge is -2.35. The highest BCUT2D eigenvalue weighted by Crippen LogP contribution is 2.25. The average molecular weight is 305 g/mol. The van der Waals surface area contributed by atoms with Crippen LogP contribution in [0.15, 0.2) is 10.6 Å². The second kappa shape index (κ2) is 6.52. The van der Waals surface area contributed by atoms with E-state index in [1.807, 2.05) is 36.8 Å². The van der Waals surface area contributed by atoms with E-state index >= 15 is 0 Å². The smallest absolute Gasteiger partial charge is 0.230 e. The Hall–Kier alpha value is -0.390. The molecule has 1 aliphatic heterocycles. The quantitative estimate of drug-likeness (QED) is 0.844. The number of hydrogen-bond donors (Lipinski definition) is 1. The van der Waals surface area contributed by atoms with Crippen LogP contribution in [0, 0.1) is 5.92 Å². The summed E-state index contributed by atoms with van der Waals surface area (Å²) in [5, 5.41) is 9.25. The summed E-state index contributed by atoms with van der Waals surface area (Å²) < 4.78 is 0.902. The zero-order chi connectivity index (χ0) is 13.0. The van der Waals surface area contributed by atoms with E-state index in [1.165, 1.54) is 0 Å². The molecule has 0 aromatic carbocycles. The molecule has 0 saturated carbocycles. The van der Waals surface area contributed by atoms with Gasteiger partial charge in [-0.05, 0) is 20.9 Å². The summed E-state index contributed by atoms with van der Waals surface area (Å²) in [5.41, 5.74) is 0. The Labute approximate surface area is 111 Å². The van der Waals surface area contributed by atoms with Crippen molar-refractivity contribution in [3.05, 3.63) is 10.6 Å². The molecule has 1 rings (SSSR count). The maximum Gasteiger partial charge on any atom is 0.230 e. The molecule has 1 N–H and O–H groups in total. The van der Waals surface area contributed by atoms with E-state index in [-0.39, 0.29) is 24.5 Å². The second-order valence-electron chi connectivity index (χ2n) is 4.31. The number of likely N-dealkylation sites (N-methyl/N-ethyl adjacent to an activating group) is 1. The molecule has 1 aliphatic rings. The van der Waals surface area contributed by atoms with E-state index in [4.69, 9.17) is 0 Å². The highest BCUT2D eigenvalue weighted by atomic mass is 79.9.